The molecule has 0 saturated carbocycles. The standard InChI is InChI=1S/C14H9F5N2O4S/c15-13(16)26(24,25)9-3-1-7(2-4-9)11(22)21-10-5-8(14(17,18)19)6-20-12(10)23/h1-6,13H,(H,20,23)(H,21,22). The number of rotatable bonds is 4. The zero-order chi connectivity index (χ0) is 19.7. The minimum atomic E-state index is -4.85. The van der Waals surface area contributed by atoms with Crippen molar-refractivity contribution >= 4 is 21.4 Å². The largest absolute Gasteiger partial charge is 0.417 e. The Morgan fingerprint density at radius 3 is 2.19 bits per heavy atom. The van der Waals surface area contributed by atoms with Crippen molar-refractivity contribution in [2.75, 3.05) is 5.32 Å². The first-order chi connectivity index (χ1) is 11.9. The van der Waals surface area contributed by atoms with Gasteiger partial charge in [-0.3, -0.25) is 9.59 Å². The van der Waals surface area contributed by atoms with E-state index in [1.165, 1.54) is 0 Å². The maximum atomic E-state index is 12.6. The zero-order valence-corrected chi connectivity index (χ0v) is 13.3. The van der Waals surface area contributed by atoms with Crippen molar-refractivity contribution < 1.29 is 35.2 Å². The summed E-state index contributed by atoms with van der Waals surface area (Å²) < 4.78 is 85.3. The number of H-pyrrole nitrogens is 1. The monoisotopic (exact) mass is 396 g/mol. The summed E-state index contributed by atoms with van der Waals surface area (Å²) in [5.74, 6) is -4.68. The van der Waals surface area contributed by atoms with E-state index >= 15 is 0 Å². The summed E-state index contributed by atoms with van der Waals surface area (Å²) >= 11 is 0. The van der Waals surface area contributed by atoms with Crippen LogP contribution in [0.4, 0.5) is 27.6 Å². The number of carbonyl (C=O) groups is 1. The minimum Gasteiger partial charge on any atom is -0.327 e. The molecule has 0 radical (unpaired) electrons. The van der Waals surface area contributed by atoms with Crippen LogP contribution in [0, 0.1) is 0 Å². The minimum absolute atomic E-state index is 0.255. The van der Waals surface area contributed by atoms with Crippen LogP contribution in [0.5, 0.6) is 0 Å². The van der Waals surface area contributed by atoms with Gasteiger partial charge in [0.25, 0.3) is 11.5 Å². The van der Waals surface area contributed by atoms with Crippen LogP contribution in [0.25, 0.3) is 0 Å². The highest BCUT2D eigenvalue weighted by atomic mass is 32.2. The molecular formula is C14H9F5N2O4S. The first kappa shape index (κ1) is 19.6. The lowest BCUT2D eigenvalue weighted by Gasteiger charge is -2.09. The van der Waals surface area contributed by atoms with Crippen molar-refractivity contribution in [3.05, 3.63) is 58.0 Å². The number of anilines is 1. The fraction of sp³-hybridized carbons (Fsp3) is 0.143. The first-order valence-corrected chi connectivity index (χ1v) is 8.21. The number of aromatic amines is 1. The molecule has 0 fully saturated rings. The lowest BCUT2D eigenvalue weighted by molar-refractivity contribution is -0.137. The molecule has 26 heavy (non-hydrogen) atoms. The molecule has 0 bridgehead atoms. The van der Waals surface area contributed by atoms with E-state index in [0.29, 0.717) is 12.3 Å². The van der Waals surface area contributed by atoms with Crippen LogP contribution in [0.15, 0.2) is 46.2 Å². The highest BCUT2D eigenvalue weighted by Gasteiger charge is 2.31. The maximum Gasteiger partial charge on any atom is 0.417 e. The Morgan fingerprint density at radius 1 is 1.12 bits per heavy atom. The second kappa shape index (κ2) is 6.86. The van der Waals surface area contributed by atoms with Gasteiger partial charge >= 0.3 is 11.9 Å². The summed E-state index contributed by atoms with van der Waals surface area (Å²) in [5.41, 5.74) is -3.14. The van der Waals surface area contributed by atoms with Gasteiger partial charge in [-0.15, -0.1) is 0 Å². The van der Waals surface area contributed by atoms with Gasteiger partial charge in [-0.25, -0.2) is 8.42 Å². The molecule has 0 saturated heterocycles. The smallest absolute Gasteiger partial charge is 0.327 e. The molecule has 0 aliphatic heterocycles. The third kappa shape index (κ3) is 4.07. The van der Waals surface area contributed by atoms with Crippen molar-refractivity contribution in [3.8, 4) is 0 Å². The molecule has 1 aromatic carbocycles. The van der Waals surface area contributed by atoms with Gasteiger partial charge in [0, 0.05) is 11.8 Å². The number of sulfone groups is 1. The van der Waals surface area contributed by atoms with E-state index in [1.54, 1.807) is 0 Å². The molecule has 0 aliphatic carbocycles. The number of nitrogens with one attached hydrogen (secondary N) is 2. The highest BCUT2D eigenvalue weighted by Crippen LogP contribution is 2.29. The van der Waals surface area contributed by atoms with E-state index in [0.717, 1.165) is 24.3 Å². The number of alkyl halides is 5. The van der Waals surface area contributed by atoms with Gasteiger partial charge in [0.05, 0.1) is 10.5 Å². The van der Waals surface area contributed by atoms with Crippen molar-refractivity contribution in [1.82, 2.24) is 4.98 Å². The number of aromatic nitrogens is 1. The number of halogens is 5. The second-order valence-corrected chi connectivity index (χ2v) is 6.83. The second-order valence-electron chi connectivity index (χ2n) is 4.91. The van der Waals surface area contributed by atoms with Crippen LogP contribution in [0.3, 0.4) is 0 Å². The SMILES string of the molecule is O=C(Nc1cc(C(F)(F)F)c[nH]c1=O)c1ccc(S(=O)(=O)C(F)F)cc1. The lowest BCUT2D eigenvalue weighted by atomic mass is 10.2. The van der Waals surface area contributed by atoms with E-state index in [1.807, 2.05) is 10.3 Å². The third-order valence-electron chi connectivity index (χ3n) is 3.16. The van der Waals surface area contributed by atoms with Gasteiger partial charge in [-0.2, -0.15) is 22.0 Å². The predicted octanol–water partition coefficient (Wildman–Crippen LogP) is 2.64. The topological polar surface area (TPSA) is 96.1 Å². The van der Waals surface area contributed by atoms with Gasteiger partial charge in [-0.1, -0.05) is 0 Å². The summed E-state index contributed by atoms with van der Waals surface area (Å²) in [6, 6.07) is 3.67. The highest BCUT2D eigenvalue weighted by molar-refractivity contribution is 7.91. The molecule has 0 aliphatic rings. The Labute approximate surface area is 142 Å². The molecule has 0 atom stereocenters. The molecule has 1 aromatic heterocycles. The number of benzene rings is 1. The molecule has 0 unspecified atom stereocenters. The van der Waals surface area contributed by atoms with Crippen LogP contribution in [0.2, 0.25) is 0 Å². The number of hydrogen-bond acceptors (Lipinski definition) is 4. The Balaban J connectivity index is 2.28. The lowest BCUT2D eigenvalue weighted by Crippen LogP contribution is -2.21. The van der Waals surface area contributed by atoms with E-state index in [4.69, 9.17) is 0 Å². The summed E-state index contributed by atoms with van der Waals surface area (Å²) in [5, 5.41) is 1.94. The molecule has 0 spiro atoms. The van der Waals surface area contributed by atoms with Crippen molar-refractivity contribution in [2.45, 2.75) is 16.8 Å². The van der Waals surface area contributed by atoms with Gasteiger partial charge in [0.2, 0.25) is 9.84 Å². The quantitative estimate of drug-likeness (QED) is 0.777. The van der Waals surface area contributed by atoms with E-state index < -0.39 is 49.4 Å². The Bertz CT molecular complexity index is 982. The van der Waals surface area contributed by atoms with E-state index in [-0.39, 0.29) is 5.56 Å². The van der Waals surface area contributed by atoms with Crippen molar-refractivity contribution in [3.63, 3.8) is 0 Å². The summed E-state index contributed by atoms with van der Waals surface area (Å²) in [7, 11) is -4.85. The molecule has 1 heterocycles. The van der Waals surface area contributed by atoms with E-state index in [9.17, 15) is 40.0 Å². The van der Waals surface area contributed by atoms with Crippen LogP contribution in [0.1, 0.15) is 15.9 Å². The summed E-state index contributed by atoms with van der Waals surface area (Å²) in [6.07, 6.45) is -4.32. The molecule has 6 nitrogen and oxygen atoms in total. The fourth-order valence-electron chi connectivity index (χ4n) is 1.83. The zero-order valence-electron chi connectivity index (χ0n) is 12.5. The molecule has 2 rings (SSSR count). The van der Waals surface area contributed by atoms with Crippen LogP contribution in [-0.2, 0) is 16.0 Å². The number of hydrogen-bond donors (Lipinski definition) is 2. The Hall–Kier alpha value is -2.76. The van der Waals surface area contributed by atoms with Crippen LogP contribution >= 0.6 is 0 Å². The van der Waals surface area contributed by atoms with Crippen molar-refractivity contribution in [2.24, 2.45) is 0 Å². The Morgan fingerprint density at radius 2 is 1.69 bits per heavy atom. The van der Waals surface area contributed by atoms with Gasteiger partial charge in [0.1, 0.15) is 5.69 Å². The number of pyridine rings is 1. The third-order valence-corrected chi connectivity index (χ3v) is 4.56. The van der Waals surface area contributed by atoms with Gasteiger partial charge < -0.3 is 10.3 Å². The molecule has 12 heteroatoms. The van der Waals surface area contributed by atoms with Crippen LogP contribution < -0.4 is 10.9 Å². The molecular weight excluding hydrogens is 387 g/mol. The molecule has 2 N–H and O–H groups in total. The molecule has 140 valence electrons. The average molecular weight is 396 g/mol. The fourth-order valence-corrected chi connectivity index (χ4v) is 2.55. The number of carbonyl (C=O) groups excluding carboxylic acids is 1. The average Bonchev–Trinajstić information content (AvgIpc) is 2.55. The number of amides is 1. The normalized spacial score (nSPS) is 12.2. The Kier molecular flexibility index (Phi) is 5.16. The molecule has 1 amide bonds. The van der Waals surface area contributed by atoms with Crippen molar-refractivity contribution in [1.29, 1.82) is 0 Å². The van der Waals surface area contributed by atoms with E-state index in [2.05, 4.69) is 0 Å². The molecule has 2 aromatic rings. The van der Waals surface area contributed by atoms with Gasteiger partial charge in [0.15, 0.2) is 0 Å². The summed E-state index contributed by atoms with van der Waals surface area (Å²) in [4.78, 5) is 24.6. The maximum absolute atomic E-state index is 12.6. The van der Waals surface area contributed by atoms with Crippen LogP contribution in [-0.4, -0.2) is 25.1 Å². The van der Waals surface area contributed by atoms with Gasteiger partial charge in [-0.05, 0) is 30.3 Å². The predicted molar refractivity (Wildman–Crippen MR) is 79.6 cm³/mol. The summed E-state index contributed by atoms with van der Waals surface area (Å²) in [6.45, 7) is 0. The first-order valence-electron chi connectivity index (χ1n) is 6.66.